The Kier molecular flexibility index (Phi) is 4.42. The summed E-state index contributed by atoms with van der Waals surface area (Å²) in [4.78, 5) is 1.52. The summed E-state index contributed by atoms with van der Waals surface area (Å²) in [7, 11) is 0. The fraction of sp³-hybridized carbons (Fsp3) is 0.667. The van der Waals surface area contributed by atoms with E-state index in [4.69, 9.17) is 0 Å². The highest BCUT2D eigenvalue weighted by Crippen LogP contribution is 2.44. The number of rotatable bonds is 7. The van der Waals surface area contributed by atoms with Gasteiger partial charge in [-0.1, -0.05) is 32.0 Å². The van der Waals surface area contributed by atoms with E-state index in [0.717, 1.165) is 11.3 Å². The van der Waals surface area contributed by atoms with Gasteiger partial charge in [0.2, 0.25) is 0 Å². The van der Waals surface area contributed by atoms with Crippen LogP contribution in [0, 0.1) is 5.41 Å². The molecule has 1 aromatic carbocycles. The van der Waals surface area contributed by atoms with Crippen LogP contribution in [0.5, 0.6) is 0 Å². The van der Waals surface area contributed by atoms with Gasteiger partial charge in [0.25, 0.3) is 0 Å². The van der Waals surface area contributed by atoms with Crippen molar-refractivity contribution in [3.63, 3.8) is 0 Å². The highest BCUT2D eigenvalue weighted by molar-refractivity contribution is 8.00. The molecule has 1 nitrogen and oxygen atoms in total. The number of benzene rings is 1. The van der Waals surface area contributed by atoms with Crippen molar-refractivity contribution in [3.05, 3.63) is 29.8 Å². The monoisotopic (exact) mass is 289 g/mol. The average molecular weight is 289 g/mol. The summed E-state index contributed by atoms with van der Waals surface area (Å²) in [6.45, 7) is 5.98. The molecule has 1 atom stereocenters. The summed E-state index contributed by atoms with van der Waals surface area (Å²) >= 11 is 2.12. The van der Waals surface area contributed by atoms with Gasteiger partial charge in [-0.25, -0.2) is 0 Å². The first kappa shape index (κ1) is 14.5. The molecule has 0 spiro atoms. The van der Waals surface area contributed by atoms with E-state index in [1.807, 2.05) is 0 Å². The Labute approximate surface area is 127 Å². The molecular weight excluding hydrogens is 262 g/mol. The number of hydrogen-bond acceptors (Lipinski definition) is 2. The summed E-state index contributed by atoms with van der Waals surface area (Å²) in [5, 5.41) is 4.57. The van der Waals surface area contributed by atoms with Crippen molar-refractivity contribution in [1.82, 2.24) is 5.32 Å². The van der Waals surface area contributed by atoms with E-state index in [1.54, 1.807) is 5.56 Å². The molecule has 2 heteroatoms. The first-order chi connectivity index (χ1) is 9.74. The van der Waals surface area contributed by atoms with E-state index >= 15 is 0 Å². The lowest BCUT2D eigenvalue weighted by Crippen LogP contribution is -2.36. The van der Waals surface area contributed by atoms with E-state index in [-0.39, 0.29) is 0 Å². The van der Waals surface area contributed by atoms with Gasteiger partial charge in [-0.05, 0) is 55.6 Å². The molecule has 1 fully saturated rings. The van der Waals surface area contributed by atoms with Gasteiger partial charge in [0, 0.05) is 22.7 Å². The Morgan fingerprint density at radius 3 is 2.60 bits per heavy atom. The van der Waals surface area contributed by atoms with Gasteiger partial charge >= 0.3 is 0 Å². The molecule has 20 heavy (non-hydrogen) atoms. The topological polar surface area (TPSA) is 12.0 Å². The molecule has 1 aromatic rings. The fourth-order valence-electron chi connectivity index (χ4n) is 3.36. The van der Waals surface area contributed by atoms with Crippen molar-refractivity contribution in [1.29, 1.82) is 0 Å². The van der Waals surface area contributed by atoms with Crippen molar-refractivity contribution in [2.45, 2.75) is 68.6 Å². The van der Waals surface area contributed by atoms with Crippen LogP contribution >= 0.6 is 11.8 Å². The predicted molar refractivity (Wildman–Crippen MR) is 88.4 cm³/mol. The third-order valence-corrected chi connectivity index (χ3v) is 6.54. The Morgan fingerprint density at radius 1 is 1.20 bits per heavy atom. The zero-order valence-electron chi connectivity index (χ0n) is 12.8. The molecule has 0 radical (unpaired) electrons. The van der Waals surface area contributed by atoms with Gasteiger partial charge in [0.15, 0.2) is 0 Å². The Hall–Kier alpha value is -0.470. The molecule has 1 heterocycles. The fourth-order valence-corrected chi connectivity index (χ4v) is 4.88. The van der Waals surface area contributed by atoms with E-state index in [9.17, 15) is 0 Å². The normalized spacial score (nSPS) is 22.0. The lowest BCUT2D eigenvalue weighted by atomic mass is 9.77. The molecule has 1 N–H and O–H groups in total. The summed E-state index contributed by atoms with van der Waals surface area (Å²) in [5.41, 5.74) is 2.07. The van der Waals surface area contributed by atoms with Crippen molar-refractivity contribution in [2.75, 3.05) is 6.54 Å². The molecule has 1 aliphatic heterocycles. The van der Waals surface area contributed by atoms with Crippen LogP contribution in [0.25, 0.3) is 0 Å². The number of thioether (sulfide) groups is 1. The van der Waals surface area contributed by atoms with E-state index in [2.05, 4.69) is 55.2 Å². The maximum absolute atomic E-state index is 3.79. The van der Waals surface area contributed by atoms with Crippen LogP contribution < -0.4 is 5.32 Å². The minimum atomic E-state index is 0.502. The van der Waals surface area contributed by atoms with Crippen molar-refractivity contribution >= 4 is 11.8 Å². The van der Waals surface area contributed by atoms with Crippen LogP contribution in [0.15, 0.2) is 29.2 Å². The van der Waals surface area contributed by atoms with Crippen molar-refractivity contribution < 1.29 is 0 Å². The highest BCUT2D eigenvalue weighted by atomic mass is 32.2. The molecule has 0 bridgehead atoms. The van der Waals surface area contributed by atoms with Crippen LogP contribution in [0.2, 0.25) is 0 Å². The van der Waals surface area contributed by atoms with Gasteiger partial charge in [-0.15, -0.1) is 11.8 Å². The SMILES string of the molecule is CCC(CC)(CNC1CC1)CC1Cc2ccccc2S1. The standard InChI is InChI=1S/C18H27NS/c1-3-18(4-2,13-19-15-9-10-15)12-16-11-14-7-5-6-8-17(14)20-16/h5-8,15-16,19H,3-4,9-13H2,1-2H3. The predicted octanol–water partition coefficient (Wildman–Crippen LogP) is 4.65. The molecule has 1 saturated carbocycles. The van der Waals surface area contributed by atoms with Gasteiger partial charge < -0.3 is 5.32 Å². The second-order valence-electron chi connectivity index (χ2n) is 6.62. The van der Waals surface area contributed by atoms with Crippen LogP contribution in [0.4, 0.5) is 0 Å². The molecule has 2 aliphatic rings. The zero-order valence-corrected chi connectivity index (χ0v) is 13.6. The van der Waals surface area contributed by atoms with Crippen molar-refractivity contribution in [3.8, 4) is 0 Å². The summed E-state index contributed by atoms with van der Waals surface area (Å²) in [5.74, 6) is 0. The minimum absolute atomic E-state index is 0.502. The average Bonchev–Trinajstić information content (AvgIpc) is 3.22. The number of hydrogen-bond donors (Lipinski definition) is 1. The summed E-state index contributed by atoms with van der Waals surface area (Å²) in [6.07, 6.45) is 8.03. The van der Waals surface area contributed by atoms with Crippen LogP contribution in [0.1, 0.15) is 51.5 Å². The number of fused-ring (bicyclic) bond motifs is 1. The lowest BCUT2D eigenvalue weighted by molar-refractivity contribution is 0.225. The summed E-state index contributed by atoms with van der Waals surface area (Å²) in [6, 6.07) is 9.80. The Morgan fingerprint density at radius 2 is 1.95 bits per heavy atom. The first-order valence-corrected chi connectivity index (χ1v) is 9.10. The summed E-state index contributed by atoms with van der Waals surface area (Å²) < 4.78 is 0. The van der Waals surface area contributed by atoms with Gasteiger partial charge in [-0.2, -0.15) is 0 Å². The smallest absolute Gasteiger partial charge is 0.0141 e. The van der Waals surface area contributed by atoms with Crippen LogP contribution in [-0.4, -0.2) is 17.8 Å². The second kappa shape index (κ2) is 6.11. The second-order valence-corrected chi connectivity index (χ2v) is 7.96. The number of nitrogens with one attached hydrogen (secondary N) is 1. The molecule has 1 aliphatic carbocycles. The van der Waals surface area contributed by atoms with E-state index < -0.39 is 0 Å². The molecule has 0 amide bonds. The third-order valence-electron chi connectivity index (χ3n) is 5.22. The molecule has 0 aromatic heterocycles. The molecule has 0 saturated heterocycles. The van der Waals surface area contributed by atoms with Gasteiger partial charge in [0.05, 0.1) is 0 Å². The molecule has 110 valence electrons. The highest BCUT2D eigenvalue weighted by Gasteiger charge is 2.34. The van der Waals surface area contributed by atoms with Crippen LogP contribution in [0.3, 0.4) is 0 Å². The molecular formula is C18H27NS. The van der Waals surface area contributed by atoms with Gasteiger partial charge in [0.1, 0.15) is 0 Å². The van der Waals surface area contributed by atoms with Crippen molar-refractivity contribution in [2.24, 2.45) is 5.41 Å². The van der Waals surface area contributed by atoms with E-state index in [1.165, 1.54) is 50.0 Å². The quantitative estimate of drug-likeness (QED) is 0.784. The first-order valence-electron chi connectivity index (χ1n) is 8.22. The van der Waals surface area contributed by atoms with Gasteiger partial charge in [-0.3, -0.25) is 0 Å². The van der Waals surface area contributed by atoms with E-state index in [0.29, 0.717) is 5.41 Å². The third kappa shape index (κ3) is 3.23. The Bertz CT molecular complexity index is 423. The minimum Gasteiger partial charge on any atom is -0.313 e. The maximum Gasteiger partial charge on any atom is 0.0141 e. The molecule has 1 unspecified atom stereocenters. The Balaban J connectivity index is 1.62. The largest absolute Gasteiger partial charge is 0.313 e. The van der Waals surface area contributed by atoms with Crippen LogP contribution in [-0.2, 0) is 6.42 Å². The maximum atomic E-state index is 3.79. The molecule has 3 rings (SSSR count). The zero-order chi connectivity index (χ0) is 14.0. The lowest BCUT2D eigenvalue weighted by Gasteiger charge is -2.34.